The van der Waals surface area contributed by atoms with Crippen molar-refractivity contribution in [3.05, 3.63) is 22.0 Å². The summed E-state index contributed by atoms with van der Waals surface area (Å²) in [6, 6.07) is 0. The average molecular weight is 241 g/mol. The van der Waals surface area contributed by atoms with Crippen LogP contribution in [0.4, 0.5) is 0 Å². The normalized spacial score (nSPS) is 11.1. The number of nitrogens with zero attached hydrogens (tertiary/aromatic N) is 3. The summed E-state index contributed by atoms with van der Waals surface area (Å²) in [7, 11) is 0. The fourth-order valence-electron chi connectivity index (χ4n) is 1.65. The van der Waals surface area contributed by atoms with Crippen LogP contribution in [0.5, 0.6) is 0 Å². The van der Waals surface area contributed by atoms with Crippen LogP contribution < -0.4 is 5.69 Å². The molecule has 0 unspecified atom stereocenters. The molecule has 0 saturated heterocycles. The molecule has 0 fully saturated rings. The van der Waals surface area contributed by atoms with Gasteiger partial charge in [0, 0.05) is 6.54 Å². The zero-order valence-electron chi connectivity index (χ0n) is 9.03. The number of halogens is 1. The maximum Gasteiger partial charge on any atom is 0.327 e. The van der Waals surface area contributed by atoms with Crippen molar-refractivity contribution in [3.63, 3.8) is 0 Å². The minimum atomic E-state index is -0.150. The predicted octanol–water partition coefficient (Wildman–Crippen LogP) is 1.96. The van der Waals surface area contributed by atoms with Gasteiger partial charge in [-0.2, -0.15) is 4.98 Å². The molecule has 0 aliphatic carbocycles. The Balaban J connectivity index is 2.38. The van der Waals surface area contributed by atoms with E-state index in [-0.39, 0.29) is 11.0 Å². The fraction of sp³-hybridized carbons (Fsp3) is 0.500. The van der Waals surface area contributed by atoms with Crippen molar-refractivity contribution in [1.29, 1.82) is 0 Å². The van der Waals surface area contributed by atoms with E-state index in [2.05, 4.69) is 21.9 Å². The summed E-state index contributed by atoms with van der Waals surface area (Å²) in [6.45, 7) is 2.79. The fourth-order valence-corrected chi connectivity index (χ4v) is 1.78. The van der Waals surface area contributed by atoms with E-state index in [1.54, 1.807) is 4.57 Å². The van der Waals surface area contributed by atoms with E-state index in [1.165, 1.54) is 6.20 Å². The van der Waals surface area contributed by atoms with Crippen LogP contribution >= 0.6 is 11.6 Å². The number of rotatable bonds is 4. The number of aryl methyl sites for hydroxylation is 1. The zero-order valence-corrected chi connectivity index (χ0v) is 9.79. The maximum atomic E-state index is 11.6. The topological polar surface area (TPSA) is 63.6 Å². The van der Waals surface area contributed by atoms with Gasteiger partial charge < -0.3 is 4.98 Å². The van der Waals surface area contributed by atoms with Gasteiger partial charge in [0.05, 0.1) is 6.20 Å². The van der Waals surface area contributed by atoms with Gasteiger partial charge in [0.2, 0.25) is 5.28 Å². The van der Waals surface area contributed by atoms with Crippen molar-refractivity contribution in [2.45, 2.75) is 32.7 Å². The van der Waals surface area contributed by atoms with Gasteiger partial charge in [-0.3, -0.25) is 4.57 Å². The van der Waals surface area contributed by atoms with Crippen molar-refractivity contribution in [3.8, 4) is 0 Å². The number of hydrogen-bond donors (Lipinski definition) is 1. The lowest BCUT2D eigenvalue weighted by atomic mass is 10.2. The number of nitrogens with one attached hydrogen (secondary N) is 1. The molecule has 2 rings (SSSR count). The first-order valence-corrected chi connectivity index (χ1v) is 5.71. The molecule has 5 nitrogen and oxygen atoms in total. The first-order valence-electron chi connectivity index (χ1n) is 5.33. The molecule has 2 aromatic rings. The summed E-state index contributed by atoms with van der Waals surface area (Å²) in [5.74, 6) is 0. The summed E-state index contributed by atoms with van der Waals surface area (Å²) in [6.07, 6.45) is 4.71. The number of H-pyrrole nitrogens is 1. The Morgan fingerprint density at radius 2 is 2.31 bits per heavy atom. The highest BCUT2D eigenvalue weighted by Crippen LogP contribution is 2.10. The second-order valence-electron chi connectivity index (χ2n) is 3.67. The standard InChI is InChI=1S/C10H13ClN4O/c1-2-3-4-5-15-8-7(13-10(15)16)6-12-9(11)14-8/h6H,2-5H2,1H3,(H,13,16). The third-order valence-corrected chi connectivity index (χ3v) is 2.65. The maximum absolute atomic E-state index is 11.6. The summed E-state index contributed by atoms with van der Waals surface area (Å²) >= 11 is 5.71. The average Bonchev–Trinajstić information content (AvgIpc) is 2.56. The number of imidazole rings is 1. The Morgan fingerprint density at radius 1 is 1.50 bits per heavy atom. The van der Waals surface area contributed by atoms with E-state index in [4.69, 9.17) is 11.6 Å². The quantitative estimate of drug-likeness (QED) is 0.656. The lowest BCUT2D eigenvalue weighted by Gasteiger charge is -2.01. The van der Waals surface area contributed by atoms with Crippen LogP contribution in [0.2, 0.25) is 5.28 Å². The molecule has 0 amide bonds. The van der Waals surface area contributed by atoms with Crippen LogP contribution in [0.15, 0.2) is 11.0 Å². The van der Waals surface area contributed by atoms with Gasteiger partial charge in [0.15, 0.2) is 5.65 Å². The van der Waals surface area contributed by atoms with Crippen LogP contribution in [-0.4, -0.2) is 19.5 Å². The SMILES string of the molecule is CCCCCn1c(=O)[nH]c2cnc(Cl)nc21. The van der Waals surface area contributed by atoms with Crippen molar-refractivity contribution in [2.75, 3.05) is 0 Å². The number of unbranched alkanes of at least 4 members (excludes halogenated alkanes) is 2. The van der Waals surface area contributed by atoms with Crippen molar-refractivity contribution in [2.24, 2.45) is 0 Å². The zero-order chi connectivity index (χ0) is 11.5. The first-order chi connectivity index (χ1) is 7.72. The molecule has 0 aliphatic heterocycles. The molecule has 0 atom stereocenters. The van der Waals surface area contributed by atoms with Crippen molar-refractivity contribution in [1.82, 2.24) is 19.5 Å². The highest BCUT2D eigenvalue weighted by Gasteiger charge is 2.08. The molecular weight excluding hydrogens is 228 g/mol. The largest absolute Gasteiger partial charge is 0.327 e. The lowest BCUT2D eigenvalue weighted by Crippen LogP contribution is -2.17. The molecule has 0 spiro atoms. The van der Waals surface area contributed by atoms with Crippen LogP contribution in [0.3, 0.4) is 0 Å². The molecule has 1 N–H and O–H groups in total. The lowest BCUT2D eigenvalue weighted by molar-refractivity contribution is 0.597. The Morgan fingerprint density at radius 3 is 3.06 bits per heavy atom. The number of hydrogen-bond acceptors (Lipinski definition) is 3. The van der Waals surface area contributed by atoms with Crippen LogP contribution in [0, 0.1) is 0 Å². The highest BCUT2D eigenvalue weighted by atomic mass is 35.5. The molecule has 0 radical (unpaired) electrons. The van der Waals surface area contributed by atoms with E-state index >= 15 is 0 Å². The molecule has 2 heterocycles. The predicted molar refractivity (Wildman–Crippen MR) is 62.7 cm³/mol. The molecule has 2 aromatic heterocycles. The summed E-state index contributed by atoms with van der Waals surface area (Å²) in [5.41, 5.74) is 1.06. The van der Waals surface area contributed by atoms with Gasteiger partial charge in [-0.25, -0.2) is 9.78 Å². The van der Waals surface area contributed by atoms with Gasteiger partial charge in [-0.05, 0) is 18.0 Å². The van der Waals surface area contributed by atoms with E-state index in [0.717, 1.165) is 19.3 Å². The third-order valence-electron chi connectivity index (χ3n) is 2.47. The summed E-state index contributed by atoms with van der Waals surface area (Å²) in [5, 5.41) is 0.163. The number of fused-ring (bicyclic) bond motifs is 1. The summed E-state index contributed by atoms with van der Waals surface area (Å²) < 4.78 is 1.61. The highest BCUT2D eigenvalue weighted by molar-refractivity contribution is 6.28. The van der Waals surface area contributed by atoms with Crippen molar-refractivity contribution >= 4 is 22.8 Å². The first kappa shape index (κ1) is 11.1. The Labute approximate surface area is 97.5 Å². The van der Waals surface area contributed by atoms with E-state index in [0.29, 0.717) is 17.7 Å². The van der Waals surface area contributed by atoms with Gasteiger partial charge >= 0.3 is 5.69 Å². The van der Waals surface area contributed by atoms with E-state index in [1.807, 2.05) is 0 Å². The van der Waals surface area contributed by atoms with Gasteiger partial charge in [0.25, 0.3) is 0 Å². The van der Waals surface area contributed by atoms with Crippen LogP contribution in [-0.2, 0) is 6.54 Å². The van der Waals surface area contributed by atoms with Gasteiger partial charge in [0.1, 0.15) is 5.52 Å². The second kappa shape index (κ2) is 4.65. The Kier molecular flexibility index (Phi) is 3.24. The Bertz CT molecular complexity index is 545. The molecule has 0 aliphatic rings. The molecule has 16 heavy (non-hydrogen) atoms. The third kappa shape index (κ3) is 2.09. The smallest absolute Gasteiger partial charge is 0.303 e. The molecular formula is C10H13ClN4O. The van der Waals surface area contributed by atoms with Crippen LogP contribution in [0.1, 0.15) is 26.2 Å². The van der Waals surface area contributed by atoms with E-state index in [9.17, 15) is 4.79 Å². The van der Waals surface area contributed by atoms with Crippen molar-refractivity contribution < 1.29 is 0 Å². The second-order valence-corrected chi connectivity index (χ2v) is 4.00. The number of aromatic amines is 1. The van der Waals surface area contributed by atoms with Gasteiger partial charge in [-0.15, -0.1) is 0 Å². The molecule has 0 saturated carbocycles. The molecule has 86 valence electrons. The summed E-state index contributed by atoms with van der Waals surface area (Å²) in [4.78, 5) is 22.2. The molecule has 0 aromatic carbocycles. The minimum absolute atomic E-state index is 0.150. The Hall–Kier alpha value is -1.36. The minimum Gasteiger partial charge on any atom is -0.303 e. The monoisotopic (exact) mass is 240 g/mol. The number of aromatic nitrogens is 4. The van der Waals surface area contributed by atoms with Gasteiger partial charge in [-0.1, -0.05) is 19.8 Å². The van der Waals surface area contributed by atoms with Crippen LogP contribution in [0.25, 0.3) is 11.2 Å². The molecule has 0 bridgehead atoms. The molecule has 6 heteroatoms. The van der Waals surface area contributed by atoms with E-state index < -0.39 is 0 Å².